The topological polar surface area (TPSA) is 65.9 Å². The average molecular weight is 268 g/mol. The van der Waals surface area contributed by atoms with Crippen LogP contribution in [0.25, 0.3) is 16.7 Å². The summed E-state index contributed by atoms with van der Waals surface area (Å²) in [7, 11) is 0. The van der Waals surface area contributed by atoms with Gasteiger partial charge in [-0.1, -0.05) is 0 Å². The van der Waals surface area contributed by atoms with Crippen LogP contribution in [0.1, 0.15) is 12.2 Å². The van der Waals surface area contributed by atoms with Gasteiger partial charge in [0.15, 0.2) is 0 Å². The molecule has 0 amide bonds. The Kier molecular flexibility index (Phi) is 2.20. The van der Waals surface area contributed by atoms with Crippen molar-refractivity contribution in [3.63, 3.8) is 0 Å². The molecule has 3 aromatic rings. The van der Waals surface area contributed by atoms with Crippen LogP contribution in [-0.2, 0) is 13.0 Å². The maximum Gasteiger partial charge on any atom is 0.318 e. The third-order valence-electron chi connectivity index (χ3n) is 3.79. The van der Waals surface area contributed by atoms with Crippen molar-refractivity contribution in [3.05, 3.63) is 52.6 Å². The van der Waals surface area contributed by atoms with Crippen LogP contribution >= 0.6 is 0 Å². The number of nitro groups is 1. The molecule has 0 spiro atoms. The van der Waals surface area contributed by atoms with Crippen LogP contribution in [0.4, 0.5) is 5.69 Å². The molecule has 0 radical (unpaired) electrons. The number of aromatic nitrogens is 3. The molecule has 1 aromatic carbocycles. The number of rotatable bonds is 2. The first-order chi connectivity index (χ1) is 9.75. The fourth-order valence-corrected chi connectivity index (χ4v) is 2.95. The number of benzene rings is 1. The molecule has 6 nitrogen and oxygen atoms in total. The minimum Gasteiger partial charge on any atom is -0.322 e. The standard InChI is InChI=1S/C14H12N4O2/c19-18(20)14-11(16-7-1-2-8-16)6-5-10-13(14)17-9-3-4-12(17)15-10/h1-2,5-8H,3-4,9H2. The molecular formula is C14H12N4O2. The summed E-state index contributed by atoms with van der Waals surface area (Å²) in [5, 5.41) is 11.6. The Morgan fingerprint density at radius 3 is 2.80 bits per heavy atom. The minimum absolute atomic E-state index is 0.138. The van der Waals surface area contributed by atoms with Gasteiger partial charge in [0.25, 0.3) is 0 Å². The molecule has 0 N–H and O–H groups in total. The maximum absolute atomic E-state index is 11.6. The Morgan fingerprint density at radius 2 is 2.05 bits per heavy atom. The van der Waals surface area contributed by atoms with Gasteiger partial charge in [-0.25, -0.2) is 4.98 Å². The van der Waals surface area contributed by atoms with Crippen LogP contribution in [0.5, 0.6) is 0 Å². The zero-order valence-electron chi connectivity index (χ0n) is 10.7. The van der Waals surface area contributed by atoms with E-state index in [0.717, 1.165) is 25.2 Å². The molecule has 0 fully saturated rings. The molecular weight excluding hydrogens is 256 g/mol. The summed E-state index contributed by atoms with van der Waals surface area (Å²) < 4.78 is 3.76. The van der Waals surface area contributed by atoms with Crippen molar-refractivity contribution in [2.45, 2.75) is 19.4 Å². The summed E-state index contributed by atoms with van der Waals surface area (Å²) in [5.41, 5.74) is 2.08. The van der Waals surface area contributed by atoms with Crippen molar-refractivity contribution in [2.75, 3.05) is 0 Å². The van der Waals surface area contributed by atoms with Crippen LogP contribution in [0.3, 0.4) is 0 Å². The molecule has 0 saturated heterocycles. The lowest BCUT2D eigenvalue weighted by atomic mass is 10.2. The molecule has 0 aliphatic carbocycles. The first kappa shape index (κ1) is 11.2. The van der Waals surface area contributed by atoms with Crippen LogP contribution < -0.4 is 0 Å². The lowest BCUT2D eigenvalue weighted by Gasteiger charge is -2.07. The maximum atomic E-state index is 11.6. The summed E-state index contributed by atoms with van der Waals surface area (Å²) in [6.45, 7) is 0.807. The molecule has 1 aliphatic heterocycles. The quantitative estimate of drug-likeness (QED) is 0.530. The van der Waals surface area contributed by atoms with Crippen molar-refractivity contribution in [1.82, 2.24) is 14.1 Å². The number of aryl methyl sites for hydroxylation is 2. The van der Waals surface area contributed by atoms with E-state index < -0.39 is 0 Å². The van der Waals surface area contributed by atoms with Gasteiger partial charge in [0.05, 0.1) is 10.4 Å². The van der Waals surface area contributed by atoms with Crippen LogP contribution in [-0.4, -0.2) is 19.0 Å². The fraction of sp³-hybridized carbons (Fsp3) is 0.214. The largest absolute Gasteiger partial charge is 0.322 e. The number of fused-ring (bicyclic) bond motifs is 3. The summed E-state index contributed by atoms with van der Waals surface area (Å²) >= 11 is 0. The summed E-state index contributed by atoms with van der Waals surface area (Å²) in [5.74, 6) is 0.952. The van der Waals surface area contributed by atoms with Crippen molar-refractivity contribution >= 4 is 16.7 Å². The van der Waals surface area contributed by atoms with Gasteiger partial charge in [0.1, 0.15) is 17.0 Å². The van der Waals surface area contributed by atoms with Gasteiger partial charge < -0.3 is 9.13 Å². The van der Waals surface area contributed by atoms with Gasteiger partial charge in [-0.3, -0.25) is 10.1 Å². The van der Waals surface area contributed by atoms with Crippen LogP contribution in [0.15, 0.2) is 36.7 Å². The predicted molar refractivity (Wildman–Crippen MR) is 74.0 cm³/mol. The lowest BCUT2D eigenvalue weighted by Crippen LogP contribution is -2.02. The van der Waals surface area contributed by atoms with E-state index in [1.165, 1.54) is 0 Å². The van der Waals surface area contributed by atoms with E-state index in [2.05, 4.69) is 4.98 Å². The number of nitro benzene ring substituents is 1. The van der Waals surface area contributed by atoms with Crippen molar-refractivity contribution < 1.29 is 4.92 Å². The smallest absolute Gasteiger partial charge is 0.318 e. The second-order valence-corrected chi connectivity index (χ2v) is 4.93. The molecule has 2 aromatic heterocycles. The second-order valence-electron chi connectivity index (χ2n) is 4.93. The lowest BCUT2D eigenvalue weighted by molar-refractivity contribution is -0.383. The normalized spacial score (nSPS) is 13.8. The highest BCUT2D eigenvalue weighted by molar-refractivity contribution is 5.90. The molecule has 0 bridgehead atoms. The first-order valence-electron chi connectivity index (χ1n) is 6.55. The third kappa shape index (κ3) is 1.41. The van der Waals surface area contributed by atoms with Gasteiger partial charge in [-0.2, -0.15) is 0 Å². The summed E-state index contributed by atoms with van der Waals surface area (Å²) in [6.07, 6.45) is 5.53. The van der Waals surface area contributed by atoms with Crippen LogP contribution in [0, 0.1) is 10.1 Å². The second kappa shape index (κ2) is 3.93. The summed E-state index contributed by atoms with van der Waals surface area (Å²) in [4.78, 5) is 15.8. The molecule has 1 aliphatic rings. The molecule has 100 valence electrons. The number of hydrogen-bond donors (Lipinski definition) is 0. The number of nitrogens with zero attached hydrogens (tertiary/aromatic N) is 4. The first-order valence-corrected chi connectivity index (χ1v) is 6.55. The zero-order valence-corrected chi connectivity index (χ0v) is 10.7. The Bertz CT molecular complexity index is 817. The Balaban J connectivity index is 2.11. The Labute approximate surface area is 114 Å². The van der Waals surface area contributed by atoms with E-state index in [1.807, 2.05) is 35.2 Å². The van der Waals surface area contributed by atoms with E-state index >= 15 is 0 Å². The third-order valence-corrected chi connectivity index (χ3v) is 3.79. The van der Waals surface area contributed by atoms with Crippen molar-refractivity contribution in [3.8, 4) is 5.69 Å². The Morgan fingerprint density at radius 1 is 1.25 bits per heavy atom. The molecule has 0 atom stereocenters. The van der Waals surface area contributed by atoms with E-state index in [0.29, 0.717) is 16.7 Å². The molecule has 3 heterocycles. The van der Waals surface area contributed by atoms with E-state index in [1.54, 1.807) is 10.6 Å². The van der Waals surface area contributed by atoms with E-state index in [-0.39, 0.29) is 10.6 Å². The fourth-order valence-electron chi connectivity index (χ4n) is 2.95. The van der Waals surface area contributed by atoms with Gasteiger partial charge >= 0.3 is 5.69 Å². The van der Waals surface area contributed by atoms with E-state index in [9.17, 15) is 10.1 Å². The summed E-state index contributed by atoms with van der Waals surface area (Å²) in [6, 6.07) is 7.34. The van der Waals surface area contributed by atoms with Crippen molar-refractivity contribution in [1.29, 1.82) is 0 Å². The van der Waals surface area contributed by atoms with Crippen LogP contribution in [0.2, 0.25) is 0 Å². The highest BCUT2D eigenvalue weighted by Crippen LogP contribution is 2.34. The van der Waals surface area contributed by atoms with E-state index in [4.69, 9.17) is 0 Å². The molecule has 0 saturated carbocycles. The molecule has 4 rings (SSSR count). The zero-order chi connectivity index (χ0) is 13.7. The van der Waals surface area contributed by atoms with Gasteiger partial charge in [0, 0.05) is 25.4 Å². The Hall–Kier alpha value is -2.63. The number of imidazole rings is 1. The van der Waals surface area contributed by atoms with Gasteiger partial charge in [0.2, 0.25) is 0 Å². The predicted octanol–water partition coefficient (Wildman–Crippen LogP) is 2.68. The monoisotopic (exact) mass is 268 g/mol. The number of hydrogen-bond acceptors (Lipinski definition) is 3. The minimum atomic E-state index is -0.301. The van der Waals surface area contributed by atoms with Gasteiger partial charge in [-0.05, 0) is 30.7 Å². The van der Waals surface area contributed by atoms with Gasteiger partial charge in [-0.15, -0.1) is 0 Å². The molecule has 0 unspecified atom stereocenters. The van der Waals surface area contributed by atoms with Crippen molar-refractivity contribution in [2.24, 2.45) is 0 Å². The molecule has 6 heteroatoms. The highest BCUT2D eigenvalue weighted by atomic mass is 16.6. The SMILES string of the molecule is O=[N+]([O-])c1c(-n2cccc2)ccc2nc3n(c12)CCC3. The highest BCUT2D eigenvalue weighted by Gasteiger charge is 2.27. The average Bonchev–Trinajstić information content (AvgIpc) is 3.13. The molecule has 20 heavy (non-hydrogen) atoms.